The Balaban J connectivity index is 0.000000215. The minimum atomic E-state index is -0.892. The van der Waals surface area contributed by atoms with E-state index in [4.69, 9.17) is 0 Å². The third kappa shape index (κ3) is 15.0. The van der Waals surface area contributed by atoms with Crippen LogP contribution in [0.4, 0.5) is 28.9 Å². The molecule has 0 unspecified atom stereocenters. The van der Waals surface area contributed by atoms with E-state index in [0.717, 1.165) is 47.2 Å². The van der Waals surface area contributed by atoms with E-state index < -0.39 is 23.3 Å². The summed E-state index contributed by atoms with van der Waals surface area (Å²) < 4.78 is 54.9. The van der Waals surface area contributed by atoms with Crippen LogP contribution in [0.15, 0.2) is 170 Å². The molecule has 61 heavy (non-hydrogen) atoms. The Morgan fingerprint density at radius 3 is 1.15 bits per heavy atom. The molecule has 9 heteroatoms. The van der Waals surface area contributed by atoms with Gasteiger partial charge < -0.3 is 9.80 Å². The number of hydrogen-bond donors (Lipinski definition) is 0. The van der Waals surface area contributed by atoms with Crippen molar-refractivity contribution in [1.29, 1.82) is 0 Å². The fourth-order valence-corrected chi connectivity index (χ4v) is 5.74. The first-order chi connectivity index (χ1) is 29.1. The third-order valence-electron chi connectivity index (χ3n) is 8.89. The third-order valence-corrected chi connectivity index (χ3v) is 8.89. The first-order valence-electron chi connectivity index (χ1n) is 19.1. The van der Waals surface area contributed by atoms with Crippen molar-refractivity contribution in [1.82, 2.24) is 0 Å². The second-order valence-corrected chi connectivity index (χ2v) is 13.5. The van der Waals surface area contributed by atoms with Gasteiger partial charge in [0, 0.05) is 47.5 Å². The van der Waals surface area contributed by atoms with Crippen LogP contribution >= 0.6 is 0 Å². The van der Waals surface area contributed by atoms with Crippen molar-refractivity contribution in [3.05, 3.63) is 251 Å². The summed E-state index contributed by atoms with van der Waals surface area (Å²) in [5, 5.41) is 0. The van der Waals surface area contributed by atoms with E-state index in [9.17, 15) is 27.2 Å². The summed E-state index contributed by atoms with van der Waals surface area (Å²) in [5.41, 5.74) is 4.58. The second-order valence-electron chi connectivity index (χ2n) is 13.5. The molecule has 0 aliphatic heterocycles. The quantitative estimate of drug-likeness (QED) is 0.0869. The zero-order valence-corrected chi connectivity index (χ0v) is 35.3. The normalized spacial score (nSPS) is 11.5. The maximum atomic E-state index is 14.3. The molecule has 0 N–H and O–H groups in total. The first kappa shape index (κ1) is 47.3. The van der Waals surface area contributed by atoms with E-state index in [1.165, 1.54) is 21.9 Å². The molecule has 0 atom stereocenters. The van der Waals surface area contributed by atoms with Gasteiger partial charge in [-0.25, -0.2) is 41.9 Å². The number of halogens is 4. The van der Waals surface area contributed by atoms with Gasteiger partial charge in [-0.1, -0.05) is 96.1 Å². The summed E-state index contributed by atoms with van der Waals surface area (Å²) in [5.74, 6) is -4.11. The Hall–Kier alpha value is -6.35. The summed E-state index contributed by atoms with van der Waals surface area (Å²) in [6, 6.07) is 41.3. The molecule has 6 aromatic rings. The van der Waals surface area contributed by atoms with Crippen LogP contribution in [0.3, 0.4) is 0 Å². The molecule has 4 nitrogen and oxygen atoms in total. The molecule has 2 aliphatic carbocycles. The van der Waals surface area contributed by atoms with Crippen molar-refractivity contribution in [3.8, 4) is 0 Å². The summed E-state index contributed by atoms with van der Waals surface area (Å²) in [4.78, 5) is 28.5. The molecule has 0 spiro atoms. The van der Waals surface area contributed by atoms with Crippen LogP contribution < -0.4 is 9.80 Å². The monoisotopic (exact) mass is 850 g/mol. The van der Waals surface area contributed by atoms with Gasteiger partial charge >= 0.3 is 21.7 Å². The summed E-state index contributed by atoms with van der Waals surface area (Å²) in [6.45, 7) is 4.18. The number of rotatable bonds is 8. The molecule has 2 aliphatic rings. The fraction of sp³-hybridized carbons (Fsp3) is 0.115. The van der Waals surface area contributed by atoms with Gasteiger partial charge in [-0.15, -0.1) is 49.2 Å². The summed E-state index contributed by atoms with van der Waals surface area (Å²) >= 11 is 0. The van der Waals surface area contributed by atoms with E-state index in [1.807, 2.05) is 135 Å². The van der Waals surface area contributed by atoms with Crippen molar-refractivity contribution in [2.75, 3.05) is 9.80 Å². The fourth-order valence-electron chi connectivity index (χ4n) is 5.74. The van der Waals surface area contributed by atoms with Crippen molar-refractivity contribution >= 4 is 23.2 Å². The van der Waals surface area contributed by atoms with Gasteiger partial charge in [0.05, 0.1) is 0 Å². The number of allylic oxidation sites excluding steroid dienone is 8. The average Bonchev–Trinajstić information content (AvgIpc) is 4.05. The van der Waals surface area contributed by atoms with Crippen molar-refractivity contribution < 1.29 is 48.9 Å². The molecule has 304 valence electrons. The summed E-state index contributed by atoms with van der Waals surface area (Å²) in [6.07, 6.45) is 20.0. The molecule has 0 aromatic heterocycles. The Bertz CT molecular complexity index is 2240. The van der Waals surface area contributed by atoms with Gasteiger partial charge in [-0.05, 0) is 60.6 Å². The van der Waals surface area contributed by atoms with Crippen LogP contribution in [0.1, 0.15) is 55.8 Å². The predicted molar refractivity (Wildman–Crippen MR) is 230 cm³/mol. The average molecular weight is 851 g/mol. The van der Waals surface area contributed by atoms with Gasteiger partial charge in [0.2, 0.25) is 11.8 Å². The maximum Gasteiger partial charge on any atom is 4.00 e. The van der Waals surface area contributed by atoms with Gasteiger partial charge in [0.15, 0.2) is 0 Å². The number of benzene rings is 6. The minimum Gasteiger partial charge on any atom is -0.355 e. The Morgan fingerprint density at radius 1 is 0.508 bits per heavy atom. The number of aryl methyl sites for hydroxylation is 2. The van der Waals surface area contributed by atoms with Gasteiger partial charge in [-0.3, -0.25) is 21.7 Å². The summed E-state index contributed by atoms with van der Waals surface area (Å²) in [7, 11) is 0. The van der Waals surface area contributed by atoms with Crippen molar-refractivity contribution in [2.24, 2.45) is 0 Å². The molecule has 0 radical (unpaired) electrons. The zero-order chi connectivity index (χ0) is 42.7. The molecule has 0 heterocycles. The van der Waals surface area contributed by atoms with E-state index in [2.05, 4.69) is 24.3 Å². The smallest absolute Gasteiger partial charge is 0.355 e. The van der Waals surface area contributed by atoms with Crippen LogP contribution in [0.25, 0.3) is 0 Å². The van der Waals surface area contributed by atoms with E-state index in [-0.39, 0.29) is 58.0 Å². The zero-order valence-electron chi connectivity index (χ0n) is 33.7. The molecule has 0 fully saturated rings. The van der Waals surface area contributed by atoms with E-state index in [1.54, 1.807) is 24.3 Å². The largest absolute Gasteiger partial charge is 4.00 e. The maximum absolute atomic E-state index is 14.3. The van der Waals surface area contributed by atoms with Crippen molar-refractivity contribution in [2.45, 2.75) is 39.8 Å². The number of carbonyl (C=O) groups excluding carboxylic acids is 2. The Labute approximate surface area is 370 Å². The molecule has 0 saturated carbocycles. The standard InChI is InChI=1S/2C21H16F2NO.2C5H5.Ti/c2*1-15-7-9-17(10-8-15)21(25)24(14-16-5-3-2-4-6-16)20-12-11-18(22)13-19(20)23;2*1-2-4-5-3-1;/h2*2-12H,14H2,1H3;2*1-3H,4H2;/q4*-1;+4. The van der Waals surface area contributed by atoms with Gasteiger partial charge in [0.25, 0.3) is 0 Å². The number of amides is 2. The number of carbonyl (C=O) groups is 2. The van der Waals surface area contributed by atoms with Gasteiger partial charge in [-0.2, -0.15) is 12.2 Å². The molecule has 2 amide bonds. The molecule has 6 aromatic carbocycles. The van der Waals surface area contributed by atoms with E-state index in [0.29, 0.717) is 11.1 Å². The van der Waals surface area contributed by atoms with Crippen molar-refractivity contribution in [3.63, 3.8) is 0 Å². The van der Waals surface area contributed by atoms with Crippen LogP contribution in [0.5, 0.6) is 0 Å². The topological polar surface area (TPSA) is 40.6 Å². The Kier molecular flexibility index (Phi) is 19.1. The number of anilines is 2. The van der Waals surface area contributed by atoms with Crippen LogP contribution in [0, 0.1) is 61.4 Å². The Morgan fingerprint density at radius 2 is 0.869 bits per heavy atom. The number of hydrogen-bond acceptors (Lipinski definition) is 2. The van der Waals surface area contributed by atoms with Crippen LogP contribution in [-0.4, -0.2) is 11.8 Å². The minimum absolute atomic E-state index is 0. The van der Waals surface area contributed by atoms with Crippen LogP contribution in [0.2, 0.25) is 0 Å². The number of nitrogens with zero attached hydrogens (tertiary/aromatic N) is 2. The molecule has 0 bridgehead atoms. The first-order valence-corrected chi connectivity index (χ1v) is 19.1. The van der Waals surface area contributed by atoms with E-state index >= 15 is 0 Å². The molecular weight excluding hydrogens is 808 g/mol. The predicted octanol–water partition coefficient (Wildman–Crippen LogP) is 12.4. The van der Waals surface area contributed by atoms with Gasteiger partial charge in [0.1, 0.15) is 0 Å². The molecule has 0 saturated heterocycles. The molecule has 8 rings (SSSR count). The second kappa shape index (κ2) is 24.7. The molecular formula is C52H42F4N2O2Ti. The van der Waals surface area contributed by atoms with Crippen LogP contribution in [-0.2, 0) is 34.8 Å². The SMILES string of the molecule is Cc1ccc(C(=O)N(Cc2ccccc2)c2ccc(F)[c-]c2F)cc1.Cc1ccc(C(=O)N(Cc2ccccc2)c2ccc(F)[c-]c2F)cc1.[C-]1=CC=CC1.[C-]1=CC=CC1.[Ti+4].